The van der Waals surface area contributed by atoms with E-state index >= 15 is 0 Å². The van der Waals surface area contributed by atoms with Crippen molar-refractivity contribution < 1.29 is 13.2 Å². The van der Waals surface area contributed by atoms with E-state index in [1.807, 2.05) is 0 Å². The van der Waals surface area contributed by atoms with Crippen molar-refractivity contribution in [2.75, 3.05) is 18.4 Å². The second-order valence-corrected chi connectivity index (χ2v) is 6.48. The second-order valence-electron chi connectivity index (χ2n) is 4.95. The molecule has 0 unspecified atom stereocenters. The van der Waals surface area contributed by atoms with E-state index < -0.39 is 10.0 Å². The van der Waals surface area contributed by atoms with Crippen molar-refractivity contribution in [2.24, 2.45) is 5.14 Å². The van der Waals surface area contributed by atoms with Crippen LogP contribution in [-0.4, -0.2) is 32.4 Å². The van der Waals surface area contributed by atoms with E-state index in [0.717, 1.165) is 32.4 Å². The predicted octanol–water partition coefficient (Wildman–Crippen LogP) is 1.66. The number of hydrogen-bond donors (Lipinski definition) is 2. The summed E-state index contributed by atoms with van der Waals surface area (Å²) in [5.74, 6) is 0. The van der Waals surface area contributed by atoms with E-state index in [-0.39, 0.29) is 10.9 Å². The Kier molecular flexibility index (Phi) is 4.29. The summed E-state index contributed by atoms with van der Waals surface area (Å²) in [4.78, 5) is 13.9. The summed E-state index contributed by atoms with van der Waals surface area (Å²) in [6.07, 6.45) is 3.15. The van der Waals surface area contributed by atoms with Crippen molar-refractivity contribution in [2.45, 2.75) is 31.1 Å². The average Bonchev–Trinajstić information content (AvgIpc) is 2.40. The molecule has 1 saturated heterocycles. The predicted molar refractivity (Wildman–Crippen MR) is 77.0 cm³/mol. The highest BCUT2D eigenvalue weighted by atomic mass is 32.2. The minimum atomic E-state index is -3.78. The molecule has 0 bridgehead atoms. The number of primary sulfonamides is 1. The maximum absolute atomic E-state index is 12.1. The SMILES string of the molecule is Cc1c(NC(=O)N2CCCCC2)cccc1S(N)(=O)=O. The molecular weight excluding hydrogens is 278 g/mol. The number of nitrogens with one attached hydrogen (secondary N) is 1. The maximum atomic E-state index is 12.1. The first-order chi connectivity index (χ1) is 9.39. The summed E-state index contributed by atoms with van der Waals surface area (Å²) in [5.41, 5.74) is 0.937. The molecule has 7 heteroatoms. The lowest BCUT2D eigenvalue weighted by atomic mass is 10.1. The van der Waals surface area contributed by atoms with Crippen LogP contribution in [-0.2, 0) is 10.0 Å². The molecular formula is C13H19N3O3S. The topological polar surface area (TPSA) is 92.5 Å². The zero-order valence-electron chi connectivity index (χ0n) is 11.4. The molecule has 1 heterocycles. The Morgan fingerprint density at radius 2 is 1.90 bits per heavy atom. The number of anilines is 1. The highest BCUT2D eigenvalue weighted by Crippen LogP contribution is 2.22. The van der Waals surface area contributed by atoms with E-state index in [9.17, 15) is 13.2 Å². The maximum Gasteiger partial charge on any atom is 0.321 e. The van der Waals surface area contributed by atoms with Gasteiger partial charge in [-0.3, -0.25) is 0 Å². The fourth-order valence-corrected chi connectivity index (χ4v) is 3.15. The number of rotatable bonds is 2. The number of hydrogen-bond acceptors (Lipinski definition) is 3. The first-order valence-electron chi connectivity index (χ1n) is 6.58. The van der Waals surface area contributed by atoms with Crippen LogP contribution >= 0.6 is 0 Å². The van der Waals surface area contributed by atoms with Gasteiger partial charge in [-0.05, 0) is 43.9 Å². The van der Waals surface area contributed by atoms with Crippen LogP contribution in [0.5, 0.6) is 0 Å². The Balaban J connectivity index is 2.19. The summed E-state index contributed by atoms with van der Waals surface area (Å²) in [6.45, 7) is 3.10. The van der Waals surface area contributed by atoms with Crippen LogP contribution in [0.4, 0.5) is 10.5 Å². The van der Waals surface area contributed by atoms with E-state index in [1.54, 1.807) is 24.0 Å². The van der Waals surface area contributed by atoms with Crippen LogP contribution in [0.2, 0.25) is 0 Å². The van der Waals surface area contributed by atoms with Gasteiger partial charge in [0.1, 0.15) is 0 Å². The van der Waals surface area contributed by atoms with Gasteiger partial charge < -0.3 is 10.2 Å². The van der Waals surface area contributed by atoms with Gasteiger partial charge in [0.15, 0.2) is 0 Å². The molecule has 1 fully saturated rings. The quantitative estimate of drug-likeness (QED) is 0.869. The number of benzene rings is 1. The van der Waals surface area contributed by atoms with Crippen molar-refractivity contribution >= 4 is 21.7 Å². The number of carbonyl (C=O) groups excluding carboxylic acids is 1. The standard InChI is InChI=1S/C13H19N3O3S/c1-10-11(6-5-7-12(10)20(14,18)19)15-13(17)16-8-3-2-4-9-16/h5-7H,2-4,8-9H2,1H3,(H,15,17)(H2,14,18,19). The van der Waals surface area contributed by atoms with Crippen molar-refractivity contribution in [3.63, 3.8) is 0 Å². The van der Waals surface area contributed by atoms with Gasteiger partial charge in [0, 0.05) is 18.8 Å². The van der Waals surface area contributed by atoms with Gasteiger partial charge in [-0.2, -0.15) is 0 Å². The molecule has 1 aromatic rings. The van der Waals surface area contributed by atoms with Gasteiger partial charge in [0.25, 0.3) is 0 Å². The van der Waals surface area contributed by atoms with Gasteiger partial charge in [-0.15, -0.1) is 0 Å². The number of sulfonamides is 1. The Labute approximate surface area is 119 Å². The Morgan fingerprint density at radius 1 is 1.25 bits per heavy atom. The second kappa shape index (κ2) is 5.80. The summed E-state index contributed by atoms with van der Waals surface area (Å²) in [6, 6.07) is 4.48. The fourth-order valence-electron chi connectivity index (χ4n) is 2.35. The van der Waals surface area contributed by atoms with Crippen LogP contribution in [0.1, 0.15) is 24.8 Å². The van der Waals surface area contributed by atoms with Gasteiger partial charge in [-0.1, -0.05) is 6.07 Å². The Hall–Kier alpha value is -1.60. The zero-order valence-corrected chi connectivity index (χ0v) is 12.2. The summed E-state index contributed by atoms with van der Waals surface area (Å²) < 4.78 is 22.9. The first-order valence-corrected chi connectivity index (χ1v) is 8.12. The van der Waals surface area contributed by atoms with Crippen LogP contribution in [0, 0.1) is 6.92 Å². The Bertz CT molecular complexity index is 607. The molecule has 0 spiro atoms. The van der Waals surface area contributed by atoms with Gasteiger partial charge in [-0.25, -0.2) is 18.4 Å². The molecule has 1 aromatic carbocycles. The van der Waals surface area contributed by atoms with Crippen molar-refractivity contribution in [1.29, 1.82) is 0 Å². The van der Waals surface area contributed by atoms with E-state index in [1.165, 1.54) is 6.07 Å². The highest BCUT2D eigenvalue weighted by molar-refractivity contribution is 7.89. The number of carbonyl (C=O) groups is 1. The number of urea groups is 1. The minimum Gasteiger partial charge on any atom is -0.325 e. The first kappa shape index (κ1) is 14.8. The minimum absolute atomic E-state index is 0.0361. The van der Waals surface area contributed by atoms with Crippen molar-refractivity contribution in [3.8, 4) is 0 Å². The van der Waals surface area contributed by atoms with Crippen LogP contribution in [0.3, 0.4) is 0 Å². The molecule has 2 rings (SSSR count). The van der Waals surface area contributed by atoms with Crippen LogP contribution in [0.15, 0.2) is 23.1 Å². The number of nitrogens with two attached hydrogens (primary N) is 1. The molecule has 20 heavy (non-hydrogen) atoms. The fraction of sp³-hybridized carbons (Fsp3) is 0.462. The van der Waals surface area contributed by atoms with Crippen molar-refractivity contribution in [1.82, 2.24) is 4.90 Å². The lowest BCUT2D eigenvalue weighted by molar-refractivity contribution is 0.200. The van der Waals surface area contributed by atoms with Gasteiger partial charge in [0.2, 0.25) is 10.0 Å². The third-order valence-electron chi connectivity index (χ3n) is 3.48. The van der Waals surface area contributed by atoms with Crippen LogP contribution in [0.25, 0.3) is 0 Å². The van der Waals surface area contributed by atoms with Gasteiger partial charge >= 0.3 is 6.03 Å². The molecule has 0 aromatic heterocycles. The highest BCUT2D eigenvalue weighted by Gasteiger charge is 2.19. The summed E-state index contributed by atoms with van der Waals surface area (Å²) in [7, 11) is -3.78. The molecule has 2 amide bonds. The number of nitrogens with zero attached hydrogens (tertiary/aromatic N) is 1. The molecule has 110 valence electrons. The summed E-state index contributed by atoms with van der Waals surface area (Å²) in [5, 5.41) is 7.91. The Morgan fingerprint density at radius 3 is 2.50 bits per heavy atom. The monoisotopic (exact) mass is 297 g/mol. The largest absolute Gasteiger partial charge is 0.325 e. The third kappa shape index (κ3) is 3.29. The lowest BCUT2D eigenvalue weighted by Gasteiger charge is -2.27. The van der Waals surface area contributed by atoms with E-state index in [2.05, 4.69) is 5.32 Å². The smallest absolute Gasteiger partial charge is 0.321 e. The number of amides is 2. The molecule has 1 aliphatic rings. The van der Waals surface area contributed by atoms with Crippen LogP contribution < -0.4 is 10.5 Å². The van der Waals surface area contributed by atoms with E-state index in [4.69, 9.17) is 5.14 Å². The number of piperidine rings is 1. The molecule has 6 nitrogen and oxygen atoms in total. The third-order valence-corrected chi connectivity index (χ3v) is 4.53. The van der Waals surface area contributed by atoms with E-state index in [0.29, 0.717) is 11.3 Å². The molecule has 0 saturated carbocycles. The molecule has 3 N–H and O–H groups in total. The summed E-state index contributed by atoms with van der Waals surface area (Å²) >= 11 is 0. The molecule has 1 aliphatic heterocycles. The lowest BCUT2D eigenvalue weighted by Crippen LogP contribution is -2.38. The van der Waals surface area contributed by atoms with Crippen molar-refractivity contribution in [3.05, 3.63) is 23.8 Å². The normalized spacial score (nSPS) is 16.0. The average molecular weight is 297 g/mol. The number of likely N-dealkylation sites (tertiary alicyclic amines) is 1. The zero-order chi connectivity index (χ0) is 14.8. The molecule has 0 radical (unpaired) electrons. The molecule has 0 aliphatic carbocycles. The van der Waals surface area contributed by atoms with Gasteiger partial charge in [0.05, 0.1) is 4.90 Å². The molecule has 0 atom stereocenters.